The van der Waals surface area contributed by atoms with Crippen LogP contribution in [0.4, 0.5) is 0 Å². The van der Waals surface area contributed by atoms with E-state index < -0.39 is 6.10 Å². The summed E-state index contributed by atoms with van der Waals surface area (Å²) in [5.74, 6) is 0.704. The van der Waals surface area contributed by atoms with Crippen LogP contribution in [-0.4, -0.2) is 17.0 Å². The van der Waals surface area contributed by atoms with E-state index in [-0.39, 0.29) is 0 Å². The second kappa shape index (κ2) is 6.20. The molecule has 4 aromatic rings. The van der Waals surface area contributed by atoms with Crippen molar-refractivity contribution in [2.45, 2.75) is 12.6 Å². The molecule has 1 atom stereocenters. The predicted molar refractivity (Wildman–Crippen MR) is 96.4 cm³/mol. The van der Waals surface area contributed by atoms with Gasteiger partial charge >= 0.3 is 0 Å². The smallest absolute Gasteiger partial charge is 0.171 e. The van der Waals surface area contributed by atoms with Crippen molar-refractivity contribution in [2.75, 3.05) is 0 Å². The van der Waals surface area contributed by atoms with Crippen LogP contribution < -0.4 is 4.74 Å². The Kier molecular flexibility index (Phi) is 3.75. The summed E-state index contributed by atoms with van der Waals surface area (Å²) in [4.78, 5) is 11.6. The van der Waals surface area contributed by atoms with Crippen LogP contribution in [0, 0.1) is 0 Å². The molecule has 4 rings (SSSR count). The number of benzene rings is 3. The Balaban J connectivity index is 1.76. The highest BCUT2D eigenvalue weighted by Crippen LogP contribution is 2.29. The fourth-order valence-electron chi connectivity index (χ4n) is 3.16. The average molecular weight is 315 g/mol. The zero-order valence-electron chi connectivity index (χ0n) is 13.1. The fraction of sp³-hybridized carbons (Fsp3) is 0.0952. The van der Waals surface area contributed by atoms with E-state index in [1.807, 2.05) is 54.6 Å². The fourth-order valence-corrected chi connectivity index (χ4v) is 3.16. The van der Waals surface area contributed by atoms with Crippen LogP contribution in [0.15, 0.2) is 78.9 Å². The minimum atomic E-state index is -0.536. The van der Waals surface area contributed by atoms with Crippen LogP contribution in [0.3, 0.4) is 0 Å². The van der Waals surface area contributed by atoms with Crippen LogP contribution in [0.25, 0.3) is 21.8 Å². The number of rotatable bonds is 5. The molecule has 1 aromatic heterocycles. The van der Waals surface area contributed by atoms with Crippen LogP contribution in [0.5, 0.6) is 5.75 Å². The quantitative estimate of drug-likeness (QED) is 0.510. The number of hydrogen-bond donors (Lipinski definition) is 0. The third-order valence-corrected chi connectivity index (χ3v) is 4.22. The Labute approximate surface area is 140 Å². The molecule has 3 nitrogen and oxygen atoms in total. The van der Waals surface area contributed by atoms with Gasteiger partial charge in [0.15, 0.2) is 12.4 Å². The normalized spacial score (nSPS) is 12.3. The van der Waals surface area contributed by atoms with Gasteiger partial charge in [-0.25, -0.2) is 0 Å². The monoisotopic (exact) mass is 315 g/mol. The number of aromatic nitrogens is 1. The number of hydrogen-bond acceptors (Lipinski definition) is 2. The standard InChI is InChI=1S/C21H17NO2/c23-15-17(24-16-8-2-1-3-9-16)14-22-20-12-6-4-10-18(20)19-11-5-7-13-21(19)22/h1-13,15,17H,14H2. The van der Waals surface area contributed by atoms with Crippen molar-refractivity contribution < 1.29 is 9.53 Å². The third kappa shape index (κ3) is 2.54. The summed E-state index contributed by atoms with van der Waals surface area (Å²) in [7, 11) is 0. The van der Waals surface area contributed by atoms with Gasteiger partial charge in [0.05, 0.1) is 6.54 Å². The first-order chi connectivity index (χ1) is 11.9. The number of para-hydroxylation sites is 3. The zero-order chi connectivity index (χ0) is 16.4. The molecular weight excluding hydrogens is 298 g/mol. The molecule has 0 aliphatic heterocycles. The van der Waals surface area contributed by atoms with Gasteiger partial charge in [-0.3, -0.25) is 4.79 Å². The molecule has 0 aliphatic carbocycles. The van der Waals surface area contributed by atoms with E-state index in [2.05, 4.69) is 28.8 Å². The molecule has 0 saturated carbocycles. The van der Waals surface area contributed by atoms with Crippen LogP contribution in [-0.2, 0) is 11.3 Å². The zero-order valence-corrected chi connectivity index (χ0v) is 13.1. The second-order valence-electron chi connectivity index (χ2n) is 5.75. The molecule has 0 N–H and O–H groups in total. The molecule has 3 aromatic carbocycles. The largest absolute Gasteiger partial charge is 0.481 e. The van der Waals surface area contributed by atoms with Gasteiger partial charge in [-0.1, -0.05) is 54.6 Å². The Morgan fingerprint density at radius 2 is 1.33 bits per heavy atom. The number of fused-ring (bicyclic) bond motifs is 3. The molecule has 0 bridgehead atoms. The highest BCUT2D eigenvalue weighted by molar-refractivity contribution is 6.08. The molecule has 0 saturated heterocycles. The van der Waals surface area contributed by atoms with Crippen molar-refractivity contribution in [3.05, 3.63) is 78.9 Å². The summed E-state index contributed by atoms with van der Waals surface area (Å²) >= 11 is 0. The molecule has 0 aliphatic rings. The summed E-state index contributed by atoms with van der Waals surface area (Å²) in [5.41, 5.74) is 2.23. The maximum Gasteiger partial charge on any atom is 0.171 e. The molecular formula is C21H17NO2. The highest BCUT2D eigenvalue weighted by Gasteiger charge is 2.15. The van der Waals surface area contributed by atoms with Gasteiger partial charge < -0.3 is 9.30 Å². The van der Waals surface area contributed by atoms with Gasteiger partial charge in [-0.05, 0) is 24.3 Å². The van der Waals surface area contributed by atoms with E-state index in [1.54, 1.807) is 0 Å². The third-order valence-electron chi connectivity index (χ3n) is 4.22. The van der Waals surface area contributed by atoms with Crippen LogP contribution in [0.1, 0.15) is 0 Å². The lowest BCUT2D eigenvalue weighted by Crippen LogP contribution is -2.24. The lowest BCUT2D eigenvalue weighted by Gasteiger charge is -2.16. The molecule has 118 valence electrons. The Bertz CT molecular complexity index is 935. The van der Waals surface area contributed by atoms with E-state index in [4.69, 9.17) is 4.74 Å². The van der Waals surface area contributed by atoms with E-state index in [1.165, 1.54) is 10.8 Å². The van der Waals surface area contributed by atoms with E-state index >= 15 is 0 Å². The first kappa shape index (κ1) is 14.5. The molecule has 0 radical (unpaired) electrons. The minimum absolute atomic E-state index is 0.479. The maximum atomic E-state index is 11.6. The summed E-state index contributed by atoms with van der Waals surface area (Å²) in [5, 5.41) is 2.38. The number of aldehydes is 1. The number of ether oxygens (including phenoxy) is 1. The second-order valence-corrected chi connectivity index (χ2v) is 5.75. The van der Waals surface area contributed by atoms with Crippen molar-refractivity contribution in [2.24, 2.45) is 0 Å². The summed E-state index contributed by atoms with van der Waals surface area (Å²) < 4.78 is 8.01. The highest BCUT2D eigenvalue weighted by atomic mass is 16.5. The van der Waals surface area contributed by atoms with Crippen LogP contribution in [0.2, 0.25) is 0 Å². The number of carbonyl (C=O) groups is 1. The Morgan fingerprint density at radius 1 is 0.792 bits per heavy atom. The average Bonchev–Trinajstić information content (AvgIpc) is 2.96. The Hall–Kier alpha value is -3.07. The minimum Gasteiger partial charge on any atom is -0.481 e. The van der Waals surface area contributed by atoms with E-state index in [9.17, 15) is 4.79 Å². The summed E-state index contributed by atoms with van der Waals surface area (Å²) in [6.45, 7) is 0.479. The van der Waals surface area contributed by atoms with Crippen molar-refractivity contribution in [1.29, 1.82) is 0 Å². The summed E-state index contributed by atoms with van der Waals surface area (Å²) in [6, 6.07) is 26.0. The van der Waals surface area contributed by atoms with Gasteiger partial charge in [0.2, 0.25) is 0 Å². The molecule has 0 fully saturated rings. The van der Waals surface area contributed by atoms with Gasteiger partial charge in [0, 0.05) is 21.8 Å². The van der Waals surface area contributed by atoms with Crippen LogP contribution >= 0.6 is 0 Å². The van der Waals surface area contributed by atoms with Gasteiger partial charge in [-0.15, -0.1) is 0 Å². The lowest BCUT2D eigenvalue weighted by molar-refractivity contribution is -0.114. The lowest BCUT2D eigenvalue weighted by atomic mass is 10.2. The first-order valence-electron chi connectivity index (χ1n) is 8.00. The maximum absolute atomic E-state index is 11.6. The Morgan fingerprint density at radius 3 is 1.92 bits per heavy atom. The van der Waals surface area contributed by atoms with Crippen molar-refractivity contribution in [1.82, 2.24) is 4.57 Å². The van der Waals surface area contributed by atoms with E-state index in [0.717, 1.165) is 17.3 Å². The first-order valence-corrected chi connectivity index (χ1v) is 8.00. The SMILES string of the molecule is O=CC(Cn1c2ccccc2c2ccccc21)Oc1ccccc1. The van der Waals surface area contributed by atoms with Gasteiger partial charge in [-0.2, -0.15) is 0 Å². The van der Waals surface area contributed by atoms with Crippen molar-refractivity contribution >= 4 is 28.1 Å². The number of carbonyl (C=O) groups excluding carboxylic acids is 1. The molecule has 1 heterocycles. The van der Waals surface area contributed by atoms with Crippen molar-refractivity contribution in [3.8, 4) is 5.75 Å². The molecule has 0 spiro atoms. The number of nitrogens with zero attached hydrogens (tertiary/aromatic N) is 1. The van der Waals surface area contributed by atoms with Gasteiger partial charge in [0.1, 0.15) is 5.75 Å². The molecule has 3 heteroatoms. The summed E-state index contributed by atoms with van der Waals surface area (Å²) in [6.07, 6.45) is 0.336. The van der Waals surface area contributed by atoms with Crippen molar-refractivity contribution in [3.63, 3.8) is 0 Å². The molecule has 1 unspecified atom stereocenters. The topological polar surface area (TPSA) is 31.2 Å². The van der Waals surface area contributed by atoms with E-state index in [0.29, 0.717) is 12.3 Å². The molecule has 0 amide bonds. The molecule has 24 heavy (non-hydrogen) atoms. The predicted octanol–water partition coefficient (Wildman–Crippen LogP) is 4.44. The van der Waals surface area contributed by atoms with Gasteiger partial charge in [0.25, 0.3) is 0 Å².